The maximum Gasteiger partial charge on any atom is 0.238 e. The van der Waals surface area contributed by atoms with Crippen LogP contribution in [0.1, 0.15) is 17.5 Å². The molecular weight excluding hydrogens is 326 g/mol. The van der Waals surface area contributed by atoms with Gasteiger partial charge in [-0.15, -0.1) is 0 Å². The number of hydrogen-bond acceptors (Lipinski definition) is 3. The summed E-state index contributed by atoms with van der Waals surface area (Å²) in [7, 11) is 0. The van der Waals surface area contributed by atoms with E-state index in [1.807, 2.05) is 24.3 Å². The summed E-state index contributed by atoms with van der Waals surface area (Å²) in [5, 5.41) is 14.5. The molecule has 0 unspecified atom stereocenters. The predicted molar refractivity (Wildman–Crippen MR) is 92.3 cm³/mol. The van der Waals surface area contributed by atoms with E-state index in [2.05, 4.69) is 10.6 Å². The minimum Gasteiger partial charge on any atom is -0.352 e. The Kier molecular flexibility index (Phi) is 6.35. The van der Waals surface area contributed by atoms with Crippen LogP contribution < -0.4 is 10.6 Å². The fourth-order valence-corrected chi connectivity index (χ4v) is 2.29. The molecule has 2 aromatic carbocycles. The molecular formula is C18H16ClN3O2. The van der Waals surface area contributed by atoms with Crippen LogP contribution in [0.2, 0.25) is 5.02 Å². The summed E-state index contributed by atoms with van der Waals surface area (Å²) in [6.07, 6.45) is 0.0875. The van der Waals surface area contributed by atoms with Crippen molar-refractivity contribution in [1.29, 1.82) is 5.26 Å². The van der Waals surface area contributed by atoms with E-state index >= 15 is 0 Å². The molecule has 0 aliphatic carbocycles. The second-order valence-corrected chi connectivity index (χ2v) is 5.60. The molecule has 0 spiro atoms. The Balaban J connectivity index is 1.82. The summed E-state index contributed by atoms with van der Waals surface area (Å²) in [5.74, 6) is -0.441. The van der Waals surface area contributed by atoms with Crippen molar-refractivity contribution in [2.75, 3.05) is 5.32 Å². The number of carbonyl (C=O) groups excluding carboxylic acids is 2. The standard InChI is InChI=1S/C18H16ClN3O2/c19-15-3-1-2-14(10-15)11-18(24)21-12-13-4-6-16(7-5-13)22-17(23)8-9-20/h1-7,10H,8,11-12H2,(H,21,24)(H,22,23). The second-order valence-electron chi connectivity index (χ2n) is 5.16. The highest BCUT2D eigenvalue weighted by atomic mass is 35.5. The van der Waals surface area contributed by atoms with Crippen molar-refractivity contribution in [2.45, 2.75) is 19.4 Å². The minimum absolute atomic E-state index is 0.0938. The SMILES string of the molecule is N#CCC(=O)Nc1ccc(CNC(=O)Cc2cccc(Cl)c2)cc1. The number of nitrogens with zero attached hydrogens (tertiary/aromatic N) is 1. The lowest BCUT2D eigenvalue weighted by Gasteiger charge is -2.07. The van der Waals surface area contributed by atoms with E-state index in [0.29, 0.717) is 17.3 Å². The van der Waals surface area contributed by atoms with Gasteiger partial charge in [0, 0.05) is 17.3 Å². The van der Waals surface area contributed by atoms with E-state index in [9.17, 15) is 9.59 Å². The third-order valence-electron chi connectivity index (χ3n) is 3.22. The average molecular weight is 342 g/mol. The van der Waals surface area contributed by atoms with Crippen LogP contribution in [0.4, 0.5) is 5.69 Å². The number of nitriles is 1. The Morgan fingerprint density at radius 1 is 1.04 bits per heavy atom. The van der Waals surface area contributed by atoms with Crippen LogP contribution in [0.3, 0.4) is 0 Å². The Hall–Kier alpha value is -2.84. The molecule has 2 amide bonds. The van der Waals surface area contributed by atoms with Gasteiger partial charge in [0.1, 0.15) is 6.42 Å². The van der Waals surface area contributed by atoms with Crippen molar-refractivity contribution >= 4 is 29.1 Å². The molecule has 2 N–H and O–H groups in total. The van der Waals surface area contributed by atoms with Crippen LogP contribution in [0.15, 0.2) is 48.5 Å². The first kappa shape index (κ1) is 17.5. The molecule has 2 aromatic rings. The summed E-state index contributed by atoms with van der Waals surface area (Å²) >= 11 is 5.89. The number of halogens is 1. The summed E-state index contributed by atoms with van der Waals surface area (Å²) in [4.78, 5) is 23.2. The monoisotopic (exact) mass is 341 g/mol. The summed E-state index contributed by atoms with van der Waals surface area (Å²) in [6, 6.07) is 16.1. The van der Waals surface area contributed by atoms with Crippen molar-refractivity contribution in [1.82, 2.24) is 5.32 Å². The average Bonchev–Trinajstić information content (AvgIpc) is 2.54. The lowest BCUT2D eigenvalue weighted by Crippen LogP contribution is -2.24. The summed E-state index contributed by atoms with van der Waals surface area (Å²) in [5.41, 5.74) is 2.38. The van der Waals surface area contributed by atoms with E-state index < -0.39 is 0 Å². The molecule has 0 aliphatic heterocycles. The molecule has 0 bridgehead atoms. The van der Waals surface area contributed by atoms with Crippen molar-refractivity contribution in [3.05, 3.63) is 64.7 Å². The van der Waals surface area contributed by atoms with Gasteiger partial charge >= 0.3 is 0 Å². The number of hydrogen-bond donors (Lipinski definition) is 2. The molecule has 0 saturated heterocycles. The lowest BCUT2D eigenvalue weighted by atomic mass is 10.1. The number of rotatable bonds is 6. The predicted octanol–water partition coefficient (Wildman–Crippen LogP) is 3.05. The minimum atomic E-state index is -0.347. The van der Waals surface area contributed by atoms with Crippen LogP contribution in [-0.2, 0) is 22.6 Å². The van der Waals surface area contributed by atoms with Gasteiger partial charge in [-0.2, -0.15) is 5.26 Å². The molecule has 0 aliphatic rings. The van der Waals surface area contributed by atoms with Gasteiger partial charge in [-0.25, -0.2) is 0 Å². The Morgan fingerprint density at radius 3 is 2.46 bits per heavy atom. The first-order chi connectivity index (χ1) is 11.6. The fourth-order valence-electron chi connectivity index (χ4n) is 2.08. The van der Waals surface area contributed by atoms with E-state index in [1.54, 1.807) is 30.3 Å². The largest absolute Gasteiger partial charge is 0.352 e. The topological polar surface area (TPSA) is 82.0 Å². The van der Waals surface area contributed by atoms with E-state index in [1.165, 1.54) is 0 Å². The molecule has 0 fully saturated rings. The number of carbonyl (C=O) groups is 2. The smallest absolute Gasteiger partial charge is 0.238 e. The molecule has 0 radical (unpaired) electrons. The van der Waals surface area contributed by atoms with Crippen LogP contribution in [0, 0.1) is 11.3 Å². The van der Waals surface area contributed by atoms with E-state index in [4.69, 9.17) is 16.9 Å². The third-order valence-corrected chi connectivity index (χ3v) is 3.46. The molecule has 6 heteroatoms. The number of benzene rings is 2. The Labute approximate surface area is 145 Å². The zero-order chi connectivity index (χ0) is 17.4. The number of anilines is 1. The number of nitrogens with one attached hydrogen (secondary N) is 2. The first-order valence-corrected chi connectivity index (χ1v) is 7.71. The highest BCUT2D eigenvalue weighted by molar-refractivity contribution is 6.30. The Morgan fingerprint density at radius 2 is 1.79 bits per heavy atom. The normalized spacial score (nSPS) is 9.83. The van der Waals surface area contributed by atoms with Crippen LogP contribution in [0.25, 0.3) is 0 Å². The van der Waals surface area contributed by atoms with Gasteiger partial charge in [-0.3, -0.25) is 9.59 Å². The van der Waals surface area contributed by atoms with Crippen LogP contribution >= 0.6 is 11.6 Å². The molecule has 0 atom stereocenters. The van der Waals surface area contributed by atoms with Gasteiger partial charge in [0.15, 0.2) is 0 Å². The number of amides is 2. The molecule has 2 rings (SSSR count). The maximum absolute atomic E-state index is 11.9. The molecule has 24 heavy (non-hydrogen) atoms. The van der Waals surface area contributed by atoms with E-state index in [0.717, 1.165) is 11.1 Å². The Bertz CT molecular complexity index is 767. The van der Waals surface area contributed by atoms with Crippen molar-refractivity contribution in [2.24, 2.45) is 0 Å². The molecule has 0 heterocycles. The fraction of sp³-hybridized carbons (Fsp3) is 0.167. The van der Waals surface area contributed by atoms with E-state index in [-0.39, 0.29) is 24.7 Å². The van der Waals surface area contributed by atoms with Crippen molar-refractivity contribution < 1.29 is 9.59 Å². The highest BCUT2D eigenvalue weighted by Crippen LogP contribution is 2.12. The quantitative estimate of drug-likeness (QED) is 0.847. The third kappa shape index (κ3) is 5.75. The van der Waals surface area contributed by atoms with Gasteiger partial charge in [-0.05, 0) is 35.4 Å². The van der Waals surface area contributed by atoms with Gasteiger partial charge in [0.05, 0.1) is 12.5 Å². The molecule has 0 saturated carbocycles. The van der Waals surface area contributed by atoms with Crippen molar-refractivity contribution in [3.8, 4) is 6.07 Å². The highest BCUT2D eigenvalue weighted by Gasteiger charge is 2.05. The zero-order valence-electron chi connectivity index (χ0n) is 12.9. The first-order valence-electron chi connectivity index (χ1n) is 7.33. The van der Waals surface area contributed by atoms with Crippen molar-refractivity contribution in [3.63, 3.8) is 0 Å². The maximum atomic E-state index is 11.9. The lowest BCUT2D eigenvalue weighted by molar-refractivity contribution is -0.120. The summed E-state index contributed by atoms with van der Waals surface area (Å²) in [6.45, 7) is 0.395. The van der Waals surface area contributed by atoms with Gasteiger partial charge < -0.3 is 10.6 Å². The van der Waals surface area contributed by atoms with Crippen LogP contribution in [0.5, 0.6) is 0 Å². The van der Waals surface area contributed by atoms with Gasteiger partial charge in [-0.1, -0.05) is 35.9 Å². The van der Waals surface area contributed by atoms with Crippen LogP contribution in [-0.4, -0.2) is 11.8 Å². The van der Waals surface area contributed by atoms with Gasteiger partial charge in [0.2, 0.25) is 11.8 Å². The van der Waals surface area contributed by atoms with Gasteiger partial charge in [0.25, 0.3) is 0 Å². The summed E-state index contributed by atoms with van der Waals surface area (Å²) < 4.78 is 0. The zero-order valence-corrected chi connectivity index (χ0v) is 13.6. The molecule has 0 aromatic heterocycles. The molecule has 5 nitrogen and oxygen atoms in total. The second kappa shape index (κ2) is 8.70. The molecule has 122 valence electrons.